The van der Waals surface area contributed by atoms with Crippen LogP contribution in [0.25, 0.3) is 0 Å². The first kappa shape index (κ1) is 16.3. The van der Waals surface area contributed by atoms with E-state index in [4.69, 9.17) is 5.73 Å². The number of carbonyl (C=O) groups excluding carboxylic acids is 1. The van der Waals surface area contributed by atoms with Crippen LogP contribution in [0.15, 0.2) is 24.3 Å². The molecule has 112 valence electrons. The maximum absolute atomic E-state index is 12.2. The standard InChI is InChI=1S/C12H19N3O4S/c1-10-4-6-11(7-5-10)15(9-3-8-13)20(17,18)14-12(16)19-2/h4-7H,3,8-9,13H2,1-2H3,(H,14,16). The molecule has 0 atom stereocenters. The van der Waals surface area contributed by atoms with Crippen molar-refractivity contribution in [2.45, 2.75) is 13.3 Å². The monoisotopic (exact) mass is 301 g/mol. The number of ether oxygens (including phenoxy) is 1. The van der Waals surface area contributed by atoms with Gasteiger partial charge in [0.2, 0.25) is 0 Å². The number of amides is 1. The van der Waals surface area contributed by atoms with E-state index in [1.165, 1.54) is 0 Å². The van der Waals surface area contributed by atoms with Gasteiger partial charge in [0.1, 0.15) is 0 Å². The van der Waals surface area contributed by atoms with E-state index in [1.807, 2.05) is 11.6 Å². The van der Waals surface area contributed by atoms with Gasteiger partial charge >= 0.3 is 16.3 Å². The summed E-state index contributed by atoms with van der Waals surface area (Å²) in [4.78, 5) is 11.1. The van der Waals surface area contributed by atoms with E-state index >= 15 is 0 Å². The zero-order valence-electron chi connectivity index (χ0n) is 11.5. The molecule has 0 saturated carbocycles. The molecule has 8 heteroatoms. The first-order valence-electron chi connectivity index (χ1n) is 6.06. The lowest BCUT2D eigenvalue weighted by Gasteiger charge is -2.24. The fourth-order valence-electron chi connectivity index (χ4n) is 1.54. The number of benzene rings is 1. The molecule has 3 N–H and O–H groups in total. The molecule has 7 nitrogen and oxygen atoms in total. The number of aryl methyl sites for hydroxylation is 1. The van der Waals surface area contributed by atoms with Crippen molar-refractivity contribution < 1.29 is 17.9 Å². The Hall–Kier alpha value is -1.80. The quantitative estimate of drug-likeness (QED) is 0.807. The summed E-state index contributed by atoms with van der Waals surface area (Å²) in [5.74, 6) is 0. The zero-order chi connectivity index (χ0) is 15.2. The number of nitrogens with zero attached hydrogens (tertiary/aromatic N) is 1. The van der Waals surface area contributed by atoms with Crippen molar-refractivity contribution in [1.82, 2.24) is 4.72 Å². The highest BCUT2D eigenvalue weighted by Crippen LogP contribution is 2.18. The topological polar surface area (TPSA) is 102 Å². The molecule has 1 amide bonds. The summed E-state index contributed by atoms with van der Waals surface area (Å²) >= 11 is 0. The van der Waals surface area contributed by atoms with Crippen LogP contribution in [0, 0.1) is 6.92 Å². The van der Waals surface area contributed by atoms with Gasteiger partial charge in [0.05, 0.1) is 12.8 Å². The first-order valence-corrected chi connectivity index (χ1v) is 7.50. The summed E-state index contributed by atoms with van der Waals surface area (Å²) in [5.41, 5.74) is 6.88. The molecule has 0 aromatic heterocycles. The van der Waals surface area contributed by atoms with Crippen molar-refractivity contribution in [2.24, 2.45) is 5.73 Å². The van der Waals surface area contributed by atoms with Crippen LogP contribution >= 0.6 is 0 Å². The number of hydrogen-bond acceptors (Lipinski definition) is 5. The minimum atomic E-state index is -4.02. The van der Waals surface area contributed by atoms with Gasteiger partial charge in [0.25, 0.3) is 0 Å². The largest absolute Gasteiger partial charge is 0.452 e. The Kier molecular flexibility index (Phi) is 5.78. The number of nitrogens with two attached hydrogens (primary N) is 1. The molecule has 0 radical (unpaired) electrons. The van der Waals surface area contributed by atoms with Crippen LogP contribution in [-0.2, 0) is 14.9 Å². The fraction of sp³-hybridized carbons (Fsp3) is 0.417. The van der Waals surface area contributed by atoms with Gasteiger partial charge in [-0.05, 0) is 32.0 Å². The van der Waals surface area contributed by atoms with Crippen LogP contribution in [0.5, 0.6) is 0 Å². The average Bonchev–Trinajstić information content (AvgIpc) is 2.40. The molecular formula is C12H19N3O4S. The van der Waals surface area contributed by atoms with Gasteiger partial charge in [-0.2, -0.15) is 8.42 Å². The molecule has 20 heavy (non-hydrogen) atoms. The number of nitrogens with one attached hydrogen (secondary N) is 1. The minimum Gasteiger partial charge on any atom is -0.452 e. The highest BCUT2D eigenvalue weighted by atomic mass is 32.2. The molecule has 0 heterocycles. The normalized spacial score (nSPS) is 10.9. The van der Waals surface area contributed by atoms with Gasteiger partial charge in [-0.15, -0.1) is 0 Å². The van der Waals surface area contributed by atoms with Gasteiger partial charge in [0, 0.05) is 6.54 Å². The van der Waals surface area contributed by atoms with Gasteiger partial charge in [-0.1, -0.05) is 17.7 Å². The van der Waals surface area contributed by atoms with E-state index in [1.54, 1.807) is 24.3 Å². The number of methoxy groups -OCH3 is 1. The van der Waals surface area contributed by atoms with Crippen molar-refractivity contribution in [1.29, 1.82) is 0 Å². The minimum absolute atomic E-state index is 0.173. The molecule has 0 spiro atoms. The van der Waals surface area contributed by atoms with Crippen LogP contribution in [0.3, 0.4) is 0 Å². The van der Waals surface area contributed by atoms with Gasteiger partial charge in [-0.3, -0.25) is 4.31 Å². The summed E-state index contributed by atoms with van der Waals surface area (Å²) in [6.07, 6.45) is -0.564. The van der Waals surface area contributed by atoms with Crippen LogP contribution in [0.4, 0.5) is 10.5 Å². The third kappa shape index (κ3) is 4.39. The van der Waals surface area contributed by atoms with E-state index in [-0.39, 0.29) is 6.54 Å². The second kappa shape index (κ2) is 7.11. The third-order valence-electron chi connectivity index (χ3n) is 2.58. The lowest BCUT2D eigenvalue weighted by atomic mass is 10.2. The van der Waals surface area contributed by atoms with Gasteiger partial charge < -0.3 is 10.5 Å². The average molecular weight is 301 g/mol. The molecular weight excluding hydrogens is 282 g/mol. The Bertz CT molecular complexity index is 542. The number of hydrogen-bond donors (Lipinski definition) is 2. The fourth-order valence-corrected chi connectivity index (χ4v) is 2.71. The molecule has 0 unspecified atom stereocenters. The Morgan fingerprint density at radius 2 is 1.95 bits per heavy atom. The molecule has 1 aromatic rings. The highest BCUT2D eigenvalue weighted by Gasteiger charge is 2.24. The van der Waals surface area contributed by atoms with Crippen molar-refractivity contribution in [3.63, 3.8) is 0 Å². The van der Waals surface area contributed by atoms with Gasteiger partial charge in [0.15, 0.2) is 0 Å². The number of anilines is 1. The number of carbonyl (C=O) groups is 1. The van der Waals surface area contributed by atoms with Crippen LogP contribution in [0.2, 0.25) is 0 Å². The summed E-state index contributed by atoms with van der Waals surface area (Å²) < 4.78 is 31.6. The maximum atomic E-state index is 12.2. The van der Waals surface area contributed by atoms with E-state index < -0.39 is 16.3 Å². The molecule has 0 bridgehead atoms. The number of rotatable bonds is 6. The Balaban J connectivity index is 3.05. The second-order valence-electron chi connectivity index (χ2n) is 4.15. The SMILES string of the molecule is COC(=O)NS(=O)(=O)N(CCCN)c1ccc(C)cc1. The van der Waals surface area contributed by atoms with E-state index in [9.17, 15) is 13.2 Å². The zero-order valence-corrected chi connectivity index (χ0v) is 12.3. The summed E-state index contributed by atoms with van der Waals surface area (Å²) in [7, 11) is -2.92. The predicted molar refractivity (Wildman–Crippen MR) is 76.7 cm³/mol. The highest BCUT2D eigenvalue weighted by molar-refractivity contribution is 7.91. The van der Waals surface area contributed by atoms with E-state index in [0.29, 0.717) is 18.7 Å². The lowest BCUT2D eigenvalue weighted by Crippen LogP contribution is -2.44. The third-order valence-corrected chi connectivity index (χ3v) is 3.97. The van der Waals surface area contributed by atoms with Crippen molar-refractivity contribution in [3.8, 4) is 0 Å². The lowest BCUT2D eigenvalue weighted by molar-refractivity contribution is 0.177. The molecule has 0 saturated heterocycles. The molecule has 0 fully saturated rings. The smallest absolute Gasteiger partial charge is 0.422 e. The van der Waals surface area contributed by atoms with Crippen molar-refractivity contribution in [2.75, 3.05) is 24.5 Å². The van der Waals surface area contributed by atoms with Gasteiger partial charge in [-0.25, -0.2) is 9.52 Å². The Morgan fingerprint density at radius 3 is 2.45 bits per heavy atom. The Labute approximate surface area is 118 Å². The van der Waals surface area contributed by atoms with Crippen LogP contribution in [-0.4, -0.2) is 34.7 Å². The summed E-state index contributed by atoms with van der Waals surface area (Å²) in [6.45, 7) is 2.41. The maximum Gasteiger partial charge on any atom is 0.422 e. The second-order valence-corrected chi connectivity index (χ2v) is 5.74. The first-order chi connectivity index (χ1) is 9.40. The van der Waals surface area contributed by atoms with Crippen LogP contribution in [0.1, 0.15) is 12.0 Å². The van der Waals surface area contributed by atoms with E-state index in [0.717, 1.165) is 17.0 Å². The summed E-state index contributed by atoms with van der Waals surface area (Å²) in [6, 6.07) is 6.92. The van der Waals surface area contributed by atoms with Crippen molar-refractivity contribution in [3.05, 3.63) is 29.8 Å². The molecule has 0 aliphatic carbocycles. The molecule has 1 aromatic carbocycles. The molecule has 0 aliphatic rings. The molecule has 0 aliphatic heterocycles. The van der Waals surface area contributed by atoms with Crippen molar-refractivity contribution >= 4 is 22.0 Å². The van der Waals surface area contributed by atoms with E-state index in [2.05, 4.69) is 4.74 Å². The Morgan fingerprint density at radius 1 is 1.35 bits per heavy atom. The summed E-state index contributed by atoms with van der Waals surface area (Å²) in [5, 5.41) is 0. The molecule has 1 rings (SSSR count). The predicted octanol–water partition coefficient (Wildman–Crippen LogP) is 0.751. The van der Waals surface area contributed by atoms with Crippen LogP contribution < -0.4 is 14.8 Å².